The molecule has 1 unspecified atom stereocenters. The first-order chi connectivity index (χ1) is 28.5. The summed E-state index contributed by atoms with van der Waals surface area (Å²) < 4.78 is 5.34. The van der Waals surface area contributed by atoms with Crippen molar-refractivity contribution in [1.82, 2.24) is 5.32 Å². The number of nitrogens with one attached hydrogen (secondary N) is 4. The molecule has 59 heavy (non-hydrogen) atoms. The number of anilines is 3. The van der Waals surface area contributed by atoms with Gasteiger partial charge in [-0.25, -0.2) is 4.79 Å². The van der Waals surface area contributed by atoms with E-state index < -0.39 is 34.8 Å². The molecule has 1 aromatic heterocycles. The highest BCUT2D eigenvalue weighted by atomic mass is 35.5. The fraction of sp³-hybridized carbons (Fsp3) is 0.0889. The minimum atomic E-state index is -0.853. The molecular weight excluding hydrogens is 828 g/mol. The zero-order valence-electron chi connectivity index (χ0n) is 31.6. The third-order valence-electron chi connectivity index (χ3n) is 8.58. The first kappa shape index (κ1) is 42.4. The average molecular weight is 864 g/mol. The van der Waals surface area contributed by atoms with E-state index in [0.29, 0.717) is 43.5 Å². The van der Waals surface area contributed by atoms with E-state index in [1.54, 1.807) is 105 Å². The lowest BCUT2D eigenvalue weighted by Gasteiger charge is -2.18. The lowest BCUT2D eigenvalue weighted by Crippen LogP contribution is -2.30. The maximum absolute atomic E-state index is 14.3. The molecule has 1 heterocycles. The summed E-state index contributed by atoms with van der Waals surface area (Å²) in [5, 5.41) is 11.3. The Labute approximate surface area is 359 Å². The molecule has 298 valence electrons. The quantitative estimate of drug-likeness (QED) is 0.0485. The van der Waals surface area contributed by atoms with Gasteiger partial charge in [0, 0.05) is 31.9 Å². The molecule has 0 aliphatic heterocycles. The van der Waals surface area contributed by atoms with Crippen LogP contribution in [-0.4, -0.2) is 36.2 Å². The first-order valence-corrected chi connectivity index (χ1v) is 20.6. The van der Waals surface area contributed by atoms with Crippen LogP contribution >= 0.6 is 46.3 Å². The van der Waals surface area contributed by atoms with E-state index in [9.17, 15) is 24.0 Å². The van der Waals surface area contributed by atoms with E-state index in [4.69, 9.17) is 27.9 Å². The highest BCUT2D eigenvalue weighted by Crippen LogP contribution is 2.40. The van der Waals surface area contributed by atoms with Crippen LogP contribution < -0.4 is 21.3 Å². The maximum atomic E-state index is 14.3. The monoisotopic (exact) mass is 862 g/mol. The van der Waals surface area contributed by atoms with Gasteiger partial charge in [0.05, 0.1) is 17.0 Å². The Bertz CT molecular complexity index is 2530. The highest BCUT2D eigenvalue weighted by Gasteiger charge is 2.30. The van der Waals surface area contributed by atoms with Crippen molar-refractivity contribution in [3.05, 3.63) is 182 Å². The molecule has 0 bridgehead atoms. The summed E-state index contributed by atoms with van der Waals surface area (Å²) in [6, 6.07) is 38.1. The standard InChI is InChI=1S/C45H36Cl2N4O6S2/c1-3-57-45(56)37-27(2)38(42(54)48-32-18-11-6-12-19-32)59-44(37)51-43(55)39(28-14-7-4-8-15-28)58-34-21-13-20-33(26-34)49-41(53)36(24-30-22-23-31(46)25-35(30)47)50-40(52)29-16-9-5-10-17-29/h4-26,39H,3H2,1-2H3,(H,48,54)(H,49,53)(H,50,52)(H,51,55)/b36-24+. The molecule has 0 fully saturated rings. The molecule has 0 saturated heterocycles. The molecule has 10 nitrogen and oxygen atoms in total. The van der Waals surface area contributed by atoms with Gasteiger partial charge in [0.2, 0.25) is 5.91 Å². The molecule has 0 aliphatic rings. The summed E-state index contributed by atoms with van der Waals surface area (Å²) in [7, 11) is 0. The van der Waals surface area contributed by atoms with Gasteiger partial charge in [0.1, 0.15) is 15.9 Å². The van der Waals surface area contributed by atoms with Gasteiger partial charge in [0.15, 0.2) is 0 Å². The number of para-hydroxylation sites is 1. The van der Waals surface area contributed by atoms with E-state index in [2.05, 4.69) is 21.3 Å². The molecule has 4 amide bonds. The number of carbonyl (C=O) groups excluding carboxylic acids is 5. The van der Waals surface area contributed by atoms with Crippen molar-refractivity contribution in [2.24, 2.45) is 0 Å². The summed E-state index contributed by atoms with van der Waals surface area (Å²) in [4.78, 5) is 68.9. The predicted molar refractivity (Wildman–Crippen MR) is 236 cm³/mol. The Morgan fingerprint density at radius 2 is 1.41 bits per heavy atom. The zero-order chi connectivity index (χ0) is 41.9. The average Bonchev–Trinajstić information content (AvgIpc) is 3.56. The van der Waals surface area contributed by atoms with E-state index >= 15 is 0 Å². The van der Waals surface area contributed by atoms with Crippen molar-refractivity contribution < 1.29 is 28.7 Å². The fourth-order valence-electron chi connectivity index (χ4n) is 5.75. The number of halogens is 2. The van der Waals surface area contributed by atoms with Gasteiger partial charge in [-0.15, -0.1) is 23.1 Å². The smallest absolute Gasteiger partial charge is 0.341 e. The molecule has 0 saturated carbocycles. The predicted octanol–water partition coefficient (Wildman–Crippen LogP) is 10.7. The molecule has 0 radical (unpaired) electrons. The van der Waals surface area contributed by atoms with E-state index in [1.807, 2.05) is 36.4 Å². The Morgan fingerprint density at radius 1 is 0.746 bits per heavy atom. The van der Waals surface area contributed by atoms with Crippen LogP contribution in [0.25, 0.3) is 6.08 Å². The molecule has 0 aliphatic carbocycles. The third-order valence-corrected chi connectivity index (χ3v) is 11.6. The molecule has 6 rings (SSSR count). The minimum absolute atomic E-state index is 0.0804. The first-order valence-electron chi connectivity index (χ1n) is 18.1. The van der Waals surface area contributed by atoms with Crippen molar-refractivity contribution in [2.75, 3.05) is 22.6 Å². The molecule has 0 spiro atoms. The Morgan fingerprint density at radius 3 is 2.08 bits per heavy atom. The molecule has 6 aromatic rings. The number of amides is 4. The van der Waals surface area contributed by atoms with Crippen LogP contribution in [0.15, 0.2) is 144 Å². The maximum Gasteiger partial charge on any atom is 0.341 e. The van der Waals surface area contributed by atoms with Gasteiger partial charge >= 0.3 is 5.97 Å². The largest absolute Gasteiger partial charge is 0.462 e. The SMILES string of the molecule is CCOC(=O)c1c(NC(=O)C(Sc2cccc(NC(=O)/C(=C\c3ccc(Cl)cc3Cl)NC(=O)c3ccccc3)c2)c2ccccc2)sc(C(=O)Nc2ccccc2)c1C. The number of rotatable bonds is 14. The number of hydrogen-bond donors (Lipinski definition) is 4. The summed E-state index contributed by atoms with van der Waals surface area (Å²) in [6.07, 6.45) is 1.46. The molecule has 5 aromatic carbocycles. The topological polar surface area (TPSA) is 143 Å². The number of ether oxygens (including phenoxy) is 1. The van der Waals surface area contributed by atoms with Crippen molar-refractivity contribution in [1.29, 1.82) is 0 Å². The number of thiophene rings is 1. The fourth-order valence-corrected chi connectivity index (χ4v) is 8.39. The highest BCUT2D eigenvalue weighted by molar-refractivity contribution is 8.00. The molecule has 1 atom stereocenters. The minimum Gasteiger partial charge on any atom is -0.462 e. The Balaban J connectivity index is 1.27. The Hall–Kier alpha value is -6.18. The third kappa shape index (κ3) is 11.1. The van der Waals surface area contributed by atoms with Gasteiger partial charge < -0.3 is 26.0 Å². The second kappa shape index (κ2) is 20.0. The van der Waals surface area contributed by atoms with Gasteiger partial charge in [-0.2, -0.15) is 0 Å². The van der Waals surface area contributed by atoms with Crippen LogP contribution in [-0.2, 0) is 14.3 Å². The number of benzene rings is 5. The van der Waals surface area contributed by atoms with Crippen LogP contribution in [0.3, 0.4) is 0 Å². The van der Waals surface area contributed by atoms with Crippen molar-refractivity contribution in [3.63, 3.8) is 0 Å². The van der Waals surface area contributed by atoms with Crippen LogP contribution in [0, 0.1) is 6.92 Å². The number of esters is 1. The van der Waals surface area contributed by atoms with Gasteiger partial charge in [-0.1, -0.05) is 102 Å². The van der Waals surface area contributed by atoms with Crippen LogP contribution in [0.4, 0.5) is 16.4 Å². The molecule has 14 heteroatoms. The summed E-state index contributed by atoms with van der Waals surface area (Å²) in [5.74, 6) is -2.72. The Kier molecular flexibility index (Phi) is 14.4. The summed E-state index contributed by atoms with van der Waals surface area (Å²) in [5.41, 5.74) is 2.78. The van der Waals surface area contributed by atoms with Crippen molar-refractivity contribution >= 4 is 98.4 Å². The van der Waals surface area contributed by atoms with Crippen LogP contribution in [0.2, 0.25) is 10.0 Å². The second-order valence-electron chi connectivity index (χ2n) is 12.7. The summed E-state index contributed by atoms with van der Waals surface area (Å²) >= 11 is 14.7. The molecular formula is C45H36Cl2N4O6S2. The second-order valence-corrected chi connectivity index (χ2v) is 15.8. The summed E-state index contributed by atoms with van der Waals surface area (Å²) in [6.45, 7) is 3.40. The lowest BCUT2D eigenvalue weighted by molar-refractivity contribution is -0.116. The van der Waals surface area contributed by atoms with Gasteiger partial charge in [0.25, 0.3) is 17.7 Å². The molecule has 4 N–H and O–H groups in total. The normalized spacial score (nSPS) is 11.6. The van der Waals surface area contributed by atoms with Gasteiger partial charge in [-0.3, -0.25) is 19.2 Å². The van der Waals surface area contributed by atoms with E-state index in [1.165, 1.54) is 23.9 Å². The van der Waals surface area contributed by atoms with Crippen molar-refractivity contribution in [3.8, 4) is 0 Å². The number of carbonyl (C=O) groups is 5. The van der Waals surface area contributed by atoms with E-state index in [0.717, 1.165) is 11.3 Å². The van der Waals surface area contributed by atoms with Crippen molar-refractivity contribution in [2.45, 2.75) is 24.0 Å². The van der Waals surface area contributed by atoms with Gasteiger partial charge in [-0.05, 0) is 91.2 Å². The zero-order valence-corrected chi connectivity index (χ0v) is 34.7. The van der Waals surface area contributed by atoms with E-state index in [-0.39, 0.29) is 32.8 Å². The number of hydrogen-bond acceptors (Lipinski definition) is 8. The van der Waals surface area contributed by atoms with Crippen LogP contribution in [0.5, 0.6) is 0 Å². The lowest BCUT2D eigenvalue weighted by atomic mass is 10.1. The van der Waals surface area contributed by atoms with Crippen LogP contribution in [0.1, 0.15) is 59.3 Å². The number of thioether (sulfide) groups is 1.